The van der Waals surface area contributed by atoms with Crippen LogP contribution in [-0.4, -0.2) is 37.1 Å². The van der Waals surface area contributed by atoms with Crippen LogP contribution >= 0.6 is 0 Å². The zero-order chi connectivity index (χ0) is 9.14. The molecule has 3 atom stereocenters. The zero-order valence-electron chi connectivity index (χ0n) is 8.16. The molecular weight excluding hydrogens is 150 g/mol. The van der Waals surface area contributed by atoms with E-state index < -0.39 is 0 Å². The van der Waals surface area contributed by atoms with Crippen LogP contribution in [0.15, 0.2) is 0 Å². The predicted octanol–water partition coefficient (Wildman–Crippen LogP) is 0.00270. The van der Waals surface area contributed by atoms with Gasteiger partial charge in [-0.1, -0.05) is 0 Å². The number of nitrogens with two attached hydrogens (primary N) is 2. The third-order valence-corrected chi connectivity index (χ3v) is 2.81. The van der Waals surface area contributed by atoms with E-state index in [0.29, 0.717) is 5.92 Å². The fraction of sp³-hybridized carbons (Fsp3) is 1.00. The average molecular weight is 171 g/mol. The number of nitrogens with zero attached hydrogens (tertiary/aromatic N) is 1. The molecule has 0 amide bonds. The Labute approximate surface area is 75.1 Å². The van der Waals surface area contributed by atoms with E-state index in [1.807, 2.05) is 6.92 Å². The molecule has 0 aromatic heterocycles. The van der Waals surface area contributed by atoms with Gasteiger partial charge in [0.1, 0.15) is 0 Å². The first-order valence-electron chi connectivity index (χ1n) is 4.81. The molecule has 3 heteroatoms. The van der Waals surface area contributed by atoms with Gasteiger partial charge in [-0.3, -0.25) is 0 Å². The van der Waals surface area contributed by atoms with Gasteiger partial charge in [0.25, 0.3) is 0 Å². The van der Waals surface area contributed by atoms with E-state index in [1.165, 1.54) is 19.4 Å². The molecule has 3 nitrogen and oxygen atoms in total. The van der Waals surface area contributed by atoms with E-state index in [-0.39, 0.29) is 12.1 Å². The van der Waals surface area contributed by atoms with Crippen LogP contribution in [0.3, 0.4) is 0 Å². The molecule has 1 heterocycles. The van der Waals surface area contributed by atoms with Crippen LogP contribution in [-0.2, 0) is 0 Å². The molecule has 0 spiro atoms. The van der Waals surface area contributed by atoms with Crippen LogP contribution in [0.4, 0.5) is 0 Å². The van der Waals surface area contributed by atoms with Gasteiger partial charge in [-0.25, -0.2) is 0 Å². The summed E-state index contributed by atoms with van der Waals surface area (Å²) in [6, 6.07) is 0.300. The Kier molecular flexibility index (Phi) is 3.50. The lowest BCUT2D eigenvalue weighted by molar-refractivity contribution is 0.179. The van der Waals surface area contributed by atoms with Crippen LogP contribution in [0.5, 0.6) is 0 Å². The van der Waals surface area contributed by atoms with Gasteiger partial charge in [-0.2, -0.15) is 0 Å². The number of piperidine rings is 1. The summed E-state index contributed by atoms with van der Waals surface area (Å²) in [5, 5.41) is 0. The first kappa shape index (κ1) is 9.96. The summed E-state index contributed by atoms with van der Waals surface area (Å²) in [5.74, 6) is 0.601. The smallest absolute Gasteiger partial charge is 0.0230 e. The summed E-state index contributed by atoms with van der Waals surface area (Å²) in [4.78, 5) is 2.34. The fourth-order valence-electron chi connectivity index (χ4n) is 1.95. The first-order chi connectivity index (χ1) is 5.61. The maximum Gasteiger partial charge on any atom is 0.0230 e. The zero-order valence-corrected chi connectivity index (χ0v) is 8.16. The summed E-state index contributed by atoms with van der Waals surface area (Å²) < 4.78 is 0. The largest absolute Gasteiger partial charge is 0.327 e. The topological polar surface area (TPSA) is 55.3 Å². The second-order valence-corrected chi connectivity index (χ2v) is 4.10. The van der Waals surface area contributed by atoms with Crippen molar-refractivity contribution in [2.24, 2.45) is 17.4 Å². The Bertz CT molecular complexity index is 136. The van der Waals surface area contributed by atoms with Crippen molar-refractivity contribution in [1.82, 2.24) is 4.90 Å². The maximum absolute atomic E-state index is 6.00. The van der Waals surface area contributed by atoms with Crippen molar-refractivity contribution in [3.8, 4) is 0 Å². The maximum atomic E-state index is 6.00. The minimum atomic E-state index is 0.126. The van der Waals surface area contributed by atoms with Gasteiger partial charge in [0.05, 0.1) is 0 Å². The van der Waals surface area contributed by atoms with Crippen LogP contribution in [0.1, 0.15) is 19.8 Å². The van der Waals surface area contributed by atoms with Crippen LogP contribution in [0.2, 0.25) is 0 Å². The van der Waals surface area contributed by atoms with Gasteiger partial charge in [-0.15, -0.1) is 0 Å². The Morgan fingerprint density at radius 3 is 2.58 bits per heavy atom. The highest BCUT2D eigenvalue weighted by molar-refractivity contribution is 4.84. The minimum absolute atomic E-state index is 0.126. The Morgan fingerprint density at radius 1 is 1.42 bits per heavy atom. The highest BCUT2D eigenvalue weighted by Crippen LogP contribution is 2.18. The van der Waals surface area contributed by atoms with Crippen molar-refractivity contribution in [3.63, 3.8) is 0 Å². The summed E-state index contributed by atoms with van der Waals surface area (Å²) in [5.41, 5.74) is 11.8. The Hall–Kier alpha value is -0.120. The lowest BCUT2D eigenvalue weighted by Crippen LogP contribution is -2.50. The second-order valence-electron chi connectivity index (χ2n) is 4.10. The third-order valence-electron chi connectivity index (χ3n) is 2.81. The number of hydrogen-bond donors (Lipinski definition) is 2. The fourth-order valence-corrected chi connectivity index (χ4v) is 1.95. The van der Waals surface area contributed by atoms with Crippen molar-refractivity contribution in [3.05, 3.63) is 0 Å². The molecule has 0 aliphatic carbocycles. The van der Waals surface area contributed by atoms with Gasteiger partial charge in [0.2, 0.25) is 0 Å². The average Bonchev–Trinajstić information content (AvgIpc) is 2.03. The quantitative estimate of drug-likeness (QED) is 0.615. The van der Waals surface area contributed by atoms with E-state index in [2.05, 4.69) is 11.9 Å². The molecule has 1 aliphatic heterocycles. The van der Waals surface area contributed by atoms with Crippen molar-refractivity contribution in [1.29, 1.82) is 0 Å². The predicted molar refractivity (Wildman–Crippen MR) is 51.8 cm³/mol. The summed E-state index contributed by atoms with van der Waals surface area (Å²) in [6.07, 6.45) is 2.51. The molecule has 1 saturated heterocycles. The van der Waals surface area contributed by atoms with Crippen molar-refractivity contribution in [2.75, 3.05) is 20.1 Å². The first-order valence-corrected chi connectivity index (χ1v) is 4.81. The van der Waals surface area contributed by atoms with Crippen LogP contribution < -0.4 is 11.5 Å². The van der Waals surface area contributed by atoms with E-state index in [0.717, 1.165) is 6.54 Å². The standard InChI is InChI=1S/C9H21N3/c1-7(10)9(11)8-4-3-5-12(2)6-8/h7-9H,3-6,10-11H2,1-2H3. The normalized spacial score (nSPS) is 31.5. The van der Waals surface area contributed by atoms with E-state index in [9.17, 15) is 0 Å². The van der Waals surface area contributed by atoms with E-state index >= 15 is 0 Å². The highest BCUT2D eigenvalue weighted by Gasteiger charge is 2.24. The molecule has 0 saturated carbocycles. The van der Waals surface area contributed by atoms with Crippen molar-refractivity contribution >= 4 is 0 Å². The van der Waals surface area contributed by atoms with Crippen molar-refractivity contribution in [2.45, 2.75) is 31.8 Å². The van der Waals surface area contributed by atoms with Crippen LogP contribution in [0, 0.1) is 5.92 Å². The second kappa shape index (κ2) is 4.21. The number of hydrogen-bond acceptors (Lipinski definition) is 3. The monoisotopic (exact) mass is 171 g/mol. The summed E-state index contributed by atoms with van der Waals surface area (Å²) in [7, 11) is 2.15. The Morgan fingerprint density at radius 2 is 2.08 bits per heavy atom. The van der Waals surface area contributed by atoms with Gasteiger partial charge in [0.15, 0.2) is 0 Å². The molecule has 0 bridgehead atoms. The molecule has 4 N–H and O–H groups in total. The number of rotatable bonds is 2. The molecule has 0 aromatic rings. The summed E-state index contributed by atoms with van der Waals surface area (Å²) >= 11 is 0. The Balaban J connectivity index is 2.40. The van der Waals surface area contributed by atoms with Gasteiger partial charge >= 0.3 is 0 Å². The van der Waals surface area contributed by atoms with Gasteiger partial charge < -0.3 is 16.4 Å². The van der Waals surface area contributed by atoms with Crippen LogP contribution in [0.25, 0.3) is 0 Å². The van der Waals surface area contributed by atoms with Crippen molar-refractivity contribution < 1.29 is 0 Å². The van der Waals surface area contributed by atoms with Gasteiger partial charge in [-0.05, 0) is 39.3 Å². The molecular formula is C9H21N3. The molecule has 0 aromatic carbocycles. The molecule has 0 radical (unpaired) electrons. The highest BCUT2D eigenvalue weighted by atomic mass is 15.1. The van der Waals surface area contributed by atoms with E-state index in [4.69, 9.17) is 11.5 Å². The number of likely N-dealkylation sites (tertiary alicyclic amines) is 1. The lowest BCUT2D eigenvalue weighted by Gasteiger charge is -2.34. The molecule has 12 heavy (non-hydrogen) atoms. The SMILES string of the molecule is CC(N)C(N)C1CCCN(C)C1. The van der Waals surface area contributed by atoms with E-state index in [1.54, 1.807) is 0 Å². The molecule has 1 rings (SSSR count). The minimum Gasteiger partial charge on any atom is -0.327 e. The summed E-state index contributed by atoms with van der Waals surface area (Å²) in [6.45, 7) is 4.32. The molecule has 1 aliphatic rings. The molecule has 72 valence electrons. The lowest BCUT2D eigenvalue weighted by atomic mass is 9.88. The third kappa shape index (κ3) is 2.44. The molecule has 3 unspecified atom stereocenters. The van der Waals surface area contributed by atoms with Gasteiger partial charge in [0, 0.05) is 18.6 Å². The molecule has 1 fully saturated rings.